The number of hydrogen-bond acceptors (Lipinski definition) is 5. The van der Waals surface area contributed by atoms with Crippen LogP contribution in [0.3, 0.4) is 0 Å². The van der Waals surface area contributed by atoms with E-state index in [0.29, 0.717) is 10.9 Å². The Hall–Kier alpha value is -2.08. The number of amides is 1. The number of phenolic OH excluding ortho intramolecular Hbond substituents is 1. The van der Waals surface area contributed by atoms with Crippen molar-refractivity contribution in [1.29, 1.82) is 0 Å². The van der Waals surface area contributed by atoms with Crippen molar-refractivity contribution in [2.45, 2.75) is 6.92 Å². The fourth-order valence-electron chi connectivity index (χ4n) is 1.40. The molecule has 1 heterocycles. The van der Waals surface area contributed by atoms with Gasteiger partial charge in [0.25, 0.3) is 5.91 Å². The molecular weight excluding hydrogens is 252 g/mol. The molecule has 0 spiro atoms. The minimum absolute atomic E-state index is 0.0958. The van der Waals surface area contributed by atoms with Crippen molar-refractivity contribution in [1.82, 2.24) is 4.98 Å². The summed E-state index contributed by atoms with van der Waals surface area (Å²) >= 11 is 1.37. The third-order valence-electron chi connectivity index (χ3n) is 2.29. The summed E-state index contributed by atoms with van der Waals surface area (Å²) < 4.78 is 5.01. The lowest BCUT2D eigenvalue weighted by Gasteiger charge is -2.06. The Morgan fingerprint density at radius 2 is 2.28 bits per heavy atom. The number of aromatic hydroxyl groups is 1. The van der Waals surface area contributed by atoms with Gasteiger partial charge in [0.2, 0.25) is 0 Å². The predicted octanol–water partition coefficient (Wildman–Crippen LogP) is 2.42. The van der Waals surface area contributed by atoms with Crippen LogP contribution in [0.4, 0.5) is 5.13 Å². The number of carbonyl (C=O) groups is 1. The molecule has 1 aromatic carbocycles. The number of ether oxygens (including phenoxy) is 1. The van der Waals surface area contributed by atoms with Gasteiger partial charge < -0.3 is 9.84 Å². The molecule has 0 atom stereocenters. The molecule has 5 nitrogen and oxygen atoms in total. The van der Waals surface area contributed by atoms with Gasteiger partial charge in [0.15, 0.2) is 5.13 Å². The zero-order chi connectivity index (χ0) is 13.1. The summed E-state index contributed by atoms with van der Waals surface area (Å²) in [7, 11) is 1.50. The van der Waals surface area contributed by atoms with Crippen LogP contribution < -0.4 is 10.1 Å². The summed E-state index contributed by atoms with van der Waals surface area (Å²) in [6, 6.07) is 4.48. The second kappa shape index (κ2) is 5.05. The van der Waals surface area contributed by atoms with E-state index in [-0.39, 0.29) is 11.3 Å². The first-order chi connectivity index (χ1) is 8.60. The van der Waals surface area contributed by atoms with Crippen LogP contribution in [0.2, 0.25) is 0 Å². The molecule has 0 aliphatic heterocycles. The number of thiazole rings is 1. The van der Waals surface area contributed by atoms with Crippen LogP contribution in [-0.2, 0) is 0 Å². The molecule has 0 saturated carbocycles. The minimum atomic E-state index is -0.416. The molecule has 94 valence electrons. The smallest absolute Gasteiger partial charge is 0.261 e. The molecule has 1 amide bonds. The maximum absolute atomic E-state index is 12.0. The number of phenols is 1. The largest absolute Gasteiger partial charge is 0.507 e. The normalized spacial score (nSPS) is 10.1. The van der Waals surface area contributed by atoms with Gasteiger partial charge in [0.1, 0.15) is 11.5 Å². The second-order valence-corrected chi connectivity index (χ2v) is 4.85. The maximum Gasteiger partial charge on any atom is 0.261 e. The van der Waals surface area contributed by atoms with Crippen molar-refractivity contribution >= 4 is 22.4 Å². The van der Waals surface area contributed by atoms with Crippen molar-refractivity contribution in [3.05, 3.63) is 34.8 Å². The Kier molecular flexibility index (Phi) is 3.47. The van der Waals surface area contributed by atoms with E-state index < -0.39 is 5.91 Å². The van der Waals surface area contributed by atoms with Crippen LogP contribution >= 0.6 is 11.3 Å². The molecule has 0 bridgehead atoms. The van der Waals surface area contributed by atoms with Crippen LogP contribution in [0.5, 0.6) is 11.5 Å². The van der Waals surface area contributed by atoms with Gasteiger partial charge in [-0.3, -0.25) is 10.1 Å². The first kappa shape index (κ1) is 12.4. The number of aryl methyl sites for hydroxylation is 1. The Balaban J connectivity index is 2.23. The van der Waals surface area contributed by atoms with E-state index in [1.165, 1.54) is 30.6 Å². The van der Waals surface area contributed by atoms with Gasteiger partial charge in [-0.1, -0.05) is 0 Å². The summed E-state index contributed by atoms with van der Waals surface area (Å²) in [5.74, 6) is -0.00408. The zero-order valence-corrected chi connectivity index (χ0v) is 10.7. The first-order valence-corrected chi connectivity index (χ1v) is 6.02. The van der Waals surface area contributed by atoms with E-state index >= 15 is 0 Å². The summed E-state index contributed by atoms with van der Waals surface area (Å²) in [6.45, 7) is 1.90. The van der Waals surface area contributed by atoms with E-state index in [1.54, 1.807) is 12.3 Å². The van der Waals surface area contributed by atoms with Gasteiger partial charge >= 0.3 is 0 Å². The molecule has 2 rings (SSSR count). The summed E-state index contributed by atoms with van der Waals surface area (Å²) in [5, 5.41) is 12.8. The van der Waals surface area contributed by atoms with E-state index in [0.717, 1.165) is 4.88 Å². The molecule has 0 radical (unpaired) electrons. The fraction of sp³-hybridized carbons (Fsp3) is 0.167. The number of anilines is 1. The predicted molar refractivity (Wildman–Crippen MR) is 69.5 cm³/mol. The number of carbonyl (C=O) groups excluding carboxylic acids is 1. The standard InChI is InChI=1S/C12H12N2O3S/c1-7-6-13-12(18-7)14-11(16)9-5-8(17-2)3-4-10(9)15/h3-6,15H,1-2H3,(H,13,14,16). The Morgan fingerprint density at radius 1 is 1.50 bits per heavy atom. The van der Waals surface area contributed by atoms with Crippen molar-refractivity contribution in [3.8, 4) is 11.5 Å². The van der Waals surface area contributed by atoms with E-state index in [1.807, 2.05) is 6.92 Å². The van der Waals surface area contributed by atoms with Crippen LogP contribution in [0, 0.1) is 6.92 Å². The maximum atomic E-state index is 12.0. The molecule has 6 heteroatoms. The van der Waals surface area contributed by atoms with Crippen LogP contribution in [0.15, 0.2) is 24.4 Å². The lowest BCUT2D eigenvalue weighted by Crippen LogP contribution is -2.11. The summed E-state index contributed by atoms with van der Waals surface area (Å²) in [6.07, 6.45) is 1.67. The average molecular weight is 264 g/mol. The highest BCUT2D eigenvalue weighted by Gasteiger charge is 2.13. The monoisotopic (exact) mass is 264 g/mol. The van der Waals surface area contributed by atoms with E-state index in [9.17, 15) is 9.90 Å². The van der Waals surface area contributed by atoms with Gasteiger partial charge in [0, 0.05) is 11.1 Å². The van der Waals surface area contributed by atoms with Gasteiger partial charge in [0.05, 0.1) is 12.7 Å². The van der Waals surface area contributed by atoms with Crippen molar-refractivity contribution < 1.29 is 14.6 Å². The molecule has 2 N–H and O–H groups in total. The summed E-state index contributed by atoms with van der Waals surface area (Å²) in [4.78, 5) is 17.0. The van der Waals surface area contributed by atoms with Crippen molar-refractivity contribution in [2.24, 2.45) is 0 Å². The minimum Gasteiger partial charge on any atom is -0.507 e. The third kappa shape index (κ3) is 2.60. The SMILES string of the molecule is COc1ccc(O)c(C(=O)Nc2ncc(C)s2)c1. The number of hydrogen-bond donors (Lipinski definition) is 2. The number of methoxy groups -OCH3 is 1. The van der Waals surface area contributed by atoms with Crippen LogP contribution in [-0.4, -0.2) is 23.1 Å². The average Bonchev–Trinajstić information content (AvgIpc) is 2.75. The molecule has 18 heavy (non-hydrogen) atoms. The van der Waals surface area contributed by atoms with E-state index in [2.05, 4.69) is 10.3 Å². The highest BCUT2D eigenvalue weighted by Crippen LogP contribution is 2.24. The summed E-state index contributed by atoms with van der Waals surface area (Å²) in [5.41, 5.74) is 0.155. The molecule has 2 aromatic rings. The fourth-order valence-corrected chi connectivity index (χ4v) is 2.06. The second-order valence-electron chi connectivity index (χ2n) is 3.61. The first-order valence-electron chi connectivity index (χ1n) is 5.21. The molecular formula is C12H12N2O3S. The van der Waals surface area contributed by atoms with Crippen LogP contribution in [0.1, 0.15) is 15.2 Å². The van der Waals surface area contributed by atoms with Gasteiger partial charge in [-0.25, -0.2) is 4.98 Å². The molecule has 0 fully saturated rings. The van der Waals surface area contributed by atoms with E-state index in [4.69, 9.17) is 4.74 Å². The lowest BCUT2D eigenvalue weighted by molar-refractivity contribution is 0.102. The molecule has 0 aliphatic carbocycles. The van der Waals surface area contributed by atoms with Crippen molar-refractivity contribution in [3.63, 3.8) is 0 Å². The Morgan fingerprint density at radius 3 is 2.89 bits per heavy atom. The molecule has 0 saturated heterocycles. The van der Waals surface area contributed by atoms with Gasteiger partial charge in [-0.15, -0.1) is 11.3 Å². The number of nitrogens with zero attached hydrogens (tertiary/aromatic N) is 1. The Bertz CT molecular complexity index is 580. The topological polar surface area (TPSA) is 71.5 Å². The third-order valence-corrected chi connectivity index (χ3v) is 3.12. The van der Waals surface area contributed by atoms with Gasteiger partial charge in [-0.2, -0.15) is 0 Å². The van der Waals surface area contributed by atoms with Crippen molar-refractivity contribution in [2.75, 3.05) is 12.4 Å². The Labute approximate surface area is 108 Å². The number of nitrogens with one attached hydrogen (secondary N) is 1. The van der Waals surface area contributed by atoms with Gasteiger partial charge in [-0.05, 0) is 25.1 Å². The van der Waals surface area contributed by atoms with Crippen LogP contribution in [0.25, 0.3) is 0 Å². The number of benzene rings is 1. The zero-order valence-electron chi connectivity index (χ0n) is 9.93. The molecule has 0 aliphatic rings. The number of rotatable bonds is 3. The molecule has 1 aromatic heterocycles. The molecule has 0 unspecified atom stereocenters. The quantitative estimate of drug-likeness (QED) is 0.893. The highest BCUT2D eigenvalue weighted by molar-refractivity contribution is 7.15. The lowest BCUT2D eigenvalue weighted by atomic mass is 10.2. The highest BCUT2D eigenvalue weighted by atomic mass is 32.1. The number of aromatic nitrogens is 1.